The SMILES string of the molecule is CCc1ccccc1-c1ccccc1CCN. The van der Waals surface area contributed by atoms with E-state index in [1.165, 1.54) is 22.3 Å². The summed E-state index contributed by atoms with van der Waals surface area (Å²) in [6.07, 6.45) is 2.00. The van der Waals surface area contributed by atoms with Crippen molar-refractivity contribution in [1.29, 1.82) is 0 Å². The molecule has 2 rings (SSSR count). The molecule has 0 aliphatic carbocycles. The minimum atomic E-state index is 0.700. The molecule has 0 amide bonds. The Morgan fingerprint density at radius 1 is 0.824 bits per heavy atom. The van der Waals surface area contributed by atoms with Crippen molar-refractivity contribution in [3.63, 3.8) is 0 Å². The molecular formula is C16H19N. The summed E-state index contributed by atoms with van der Waals surface area (Å²) in [5, 5.41) is 0. The first-order valence-corrected chi connectivity index (χ1v) is 6.23. The molecule has 0 fully saturated rings. The lowest BCUT2D eigenvalue weighted by atomic mass is 9.93. The molecule has 0 aliphatic rings. The second-order valence-corrected chi connectivity index (χ2v) is 4.21. The van der Waals surface area contributed by atoms with E-state index in [9.17, 15) is 0 Å². The fourth-order valence-corrected chi connectivity index (χ4v) is 2.25. The van der Waals surface area contributed by atoms with Crippen LogP contribution in [0.3, 0.4) is 0 Å². The molecule has 88 valence electrons. The van der Waals surface area contributed by atoms with Gasteiger partial charge in [-0.2, -0.15) is 0 Å². The van der Waals surface area contributed by atoms with Gasteiger partial charge in [0.2, 0.25) is 0 Å². The van der Waals surface area contributed by atoms with Crippen LogP contribution in [0.1, 0.15) is 18.1 Å². The van der Waals surface area contributed by atoms with Crippen LogP contribution in [0.25, 0.3) is 11.1 Å². The van der Waals surface area contributed by atoms with Crippen LogP contribution in [-0.2, 0) is 12.8 Å². The smallest absolute Gasteiger partial charge is 0.00365 e. The minimum absolute atomic E-state index is 0.700. The fourth-order valence-electron chi connectivity index (χ4n) is 2.25. The van der Waals surface area contributed by atoms with E-state index in [4.69, 9.17) is 5.73 Å². The molecule has 2 aromatic rings. The van der Waals surface area contributed by atoms with Gasteiger partial charge in [0.15, 0.2) is 0 Å². The predicted molar refractivity (Wildman–Crippen MR) is 74.0 cm³/mol. The van der Waals surface area contributed by atoms with Crippen LogP contribution < -0.4 is 5.73 Å². The van der Waals surface area contributed by atoms with Gasteiger partial charge >= 0.3 is 0 Å². The predicted octanol–water partition coefficient (Wildman–Crippen LogP) is 3.42. The summed E-state index contributed by atoms with van der Waals surface area (Å²) in [6.45, 7) is 2.90. The van der Waals surface area contributed by atoms with Gasteiger partial charge in [-0.05, 0) is 41.6 Å². The Labute approximate surface area is 103 Å². The van der Waals surface area contributed by atoms with Crippen molar-refractivity contribution in [2.75, 3.05) is 6.54 Å². The second-order valence-electron chi connectivity index (χ2n) is 4.21. The van der Waals surface area contributed by atoms with Crippen molar-refractivity contribution < 1.29 is 0 Å². The lowest BCUT2D eigenvalue weighted by Crippen LogP contribution is -2.04. The van der Waals surface area contributed by atoms with Crippen molar-refractivity contribution in [1.82, 2.24) is 0 Å². The maximum atomic E-state index is 5.68. The van der Waals surface area contributed by atoms with Crippen LogP contribution in [0, 0.1) is 0 Å². The molecule has 0 saturated carbocycles. The summed E-state index contributed by atoms with van der Waals surface area (Å²) in [5.41, 5.74) is 11.1. The number of rotatable bonds is 4. The maximum absolute atomic E-state index is 5.68. The quantitative estimate of drug-likeness (QED) is 0.847. The highest BCUT2D eigenvalue weighted by atomic mass is 14.5. The third kappa shape index (κ3) is 2.56. The van der Waals surface area contributed by atoms with Gasteiger partial charge in [-0.15, -0.1) is 0 Å². The summed E-state index contributed by atoms with van der Waals surface area (Å²) in [6, 6.07) is 17.2. The first-order chi connectivity index (χ1) is 8.36. The van der Waals surface area contributed by atoms with Gasteiger partial charge in [0, 0.05) is 0 Å². The Bertz CT molecular complexity index is 488. The van der Waals surface area contributed by atoms with Crippen molar-refractivity contribution >= 4 is 0 Å². The molecular weight excluding hydrogens is 206 g/mol. The fraction of sp³-hybridized carbons (Fsp3) is 0.250. The molecule has 0 unspecified atom stereocenters. The van der Waals surface area contributed by atoms with Gasteiger partial charge in [0.05, 0.1) is 0 Å². The van der Waals surface area contributed by atoms with Crippen LogP contribution in [0.2, 0.25) is 0 Å². The van der Waals surface area contributed by atoms with E-state index in [0.717, 1.165) is 12.8 Å². The van der Waals surface area contributed by atoms with E-state index in [2.05, 4.69) is 55.5 Å². The summed E-state index contributed by atoms with van der Waals surface area (Å²) >= 11 is 0. The van der Waals surface area contributed by atoms with Crippen LogP contribution in [-0.4, -0.2) is 6.54 Å². The highest BCUT2D eigenvalue weighted by Crippen LogP contribution is 2.27. The van der Waals surface area contributed by atoms with Gasteiger partial charge in [-0.25, -0.2) is 0 Å². The molecule has 0 atom stereocenters. The van der Waals surface area contributed by atoms with Gasteiger partial charge in [-0.1, -0.05) is 55.5 Å². The number of aryl methyl sites for hydroxylation is 1. The lowest BCUT2D eigenvalue weighted by molar-refractivity contribution is 0.970. The first kappa shape index (κ1) is 11.9. The normalized spacial score (nSPS) is 10.5. The van der Waals surface area contributed by atoms with Gasteiger partial charge < -0.3 is 5.73 Å². The zero-order valence-electron chi connectivity index (χ0n) is 10.3. The molecule has 0 heterocycles. The molecule has 2 aromatic carbocycles. The highest BCUT2D eigenvalue weighted by Gasteiger charge is 2.06. The number of benzene rings is 2. The summed E-state index contributed by atoms with van der Waals surface area (Å²) < 4.78 is 0. The van der Waals surface area contributed by atoms with Crippen LogP contribution in [0.5, 0.6) is 0 Å². The van der Waals surface area contributed by atoms with E-state index < -0.39 is 0 Å². The van der Waals surface area contributed by atoms with E-state index in [-0.39, 0.29) is 0 Å². The van der Waals surface area contributed by atoms with Gasteiger partial charge in [-0.3, -0.25) is 0 Å². The Morgan fingerprint density at radius 2 is 1.35 bits per heavy atom. The standard InChI is InChI=1S/C16H19N/c1-2-13-7-3-5-9-15(13)16-10-6-4-8-14(16)11-12-17/h3-10H,2,11-12,17H2,1H3. The zero-order chi connectivity index (χ0) is 12.1. The molecule has 1 heteroatoms. The molecule has 1 nitrogen and oxygen atoms in total. The Hall–Kier alpha value is -1.60. The van der Waals surface area contributed by atoms with E-state index in [1.54, 1.807) is 0 Å². The molecule has 2 N–H and O–H groups in total. The van der Waals surface area contributed by atoms with E-state index in [0.29, 0.717) is 6.54 Å². The topological polar surface area (TPSA) is 26.0 Å². The van der Waals surface area contributed by atoms with Crippen molar-refractivity contribution in [2.24, 2.45) is 5.73 Å². The first-order valence-electron chi connectivity index (χ1n) is 6.23. The Balaban J connectivity index is 2.52. The zero-order valence-corrected chi connectivity index (χ0v) is 10.3. The van der Waals surface area contributed by atoms with Crippen LogP contribution >= 0.6 is 0 Å². The third-order valence-corrected chi connectivity index (χ3v) is 3.12. The number of hydrogen-bond donors (Lipinski definition) is 1. The van der Waals surface area contributed by atoms with E-state index >= 15 is 0 Å². The number of nitrogens with two attached hydrogens (primary N) is 1. The second kappa shape index (κ2) is 5.65. The Morgan fingerprint density at radius 3 is 1.94 bits per heavy atom. The number of hydrogen-bond acceptors (Lipinski definition) is 1. The average molecular weight is 225 g/mol. The maximum Gasteiger partial charge on any atom is -0.00365 e. The molecule has 0 radical (unpaired) electrons. The van der Waals surface area contributed by atoms with Crippen LogP contribution in [0.15, 0.2) is 48.5 Å². The lowest BCUT2D eigenvalue weighted by Gasteiger charge is -2.12. The highest BCUT2D eigenvalue weighted by molar-refractivity contribution is 5.70. The molecule has 0 spiro atoms. The minimum Gasteiger partial charge on any atom is -0.330 e. The largest absolute Gasteiger partial charge is 0.330 e. The third-order valence-electron chi connectivity index (χ3n) is 3.12. The molecule has 0 aliphatic heterocycles. The van der Waals surface area contributed by atoms with Crippen molar-refractivity contribution in [2.45, 2.75) is 19.8 Å². The summed E-state index contributed by atoms with van der Waals surface area (Å²) in [5.74, 6) is 0. The average Bonchev–Trinajstić information content (AvgIpc) is 2.40. The van der Waals surface area contributed by atoms with Gasteiger partial charge in [0.25, 0.3) is 0 Å². The van der Waals surface area contributed by atoms with Crippen molar-refractivity contribution in [3.8, 4) is 11.1 Å². The monoisotopic (exact) mass is 225 g/mol. The Kier molecular flexibility index (Phi) is 3.94. The van der Waals surface area contributed by atoms with Crippen LogP contribution in [0.4, 0.5) is 0 Å². The summed E-state index contributed by atoms with van der Waals surface area (Å²) in [4.78, 5) is 0. The molecule has 17 heavy (non-hydrogen) atoms. The van der Waals surface area contributed by atoms with E-state index in [1.807, 2.05) is 0 Å². The van der Waals surface area contributed by atoms with Crippen molar-refractivity contribution in [3.05, 3.63) is 59.7 Å². The molecule has 0 aromatic heterocycles. The summed E-state index contributed by atoms with van der Waals surface area (Å²) in [7, 11) is 0. The molecule has 0 bridgehead atoms. The van der Waals surface area contributed by atoms with Gasteiger partial charge in [0.1, 0.15) is 0 Å². The molecule has 0 saturated heterocycles.